The average molecular weight is 659 g/mol. The van der Waals surface area contributed by atoms with Gasteiger partial charge >= 0.3 is 6.18 Å². The number of sulfonamides is 1. The molecular weight excluding hydrogens is 626 g/mol. The second-order valence-electron chi connectivity index (χ2n) is 10.1. The van der Waals surface area contributed by atoms with Crippen molar-refractivity contribution in [3.8, 4) is 0 Å². The molecule has 0 fully saturated rings. The van der Waals surface area contributed by atoms with Crippen LogP contribution in [-0.2, 0) is 32.3 Å². The van der Waals surface area contributed by atoms with E-state index in [0.717, 1.165) is 22.6 Å². The zero-order valence-corrected chi connectivity index (χ0v) is 26.3. The highest BCUT2D eigenvalue weighted by Crippen LogP contribution is 2.33. The lowest BCUT2D eigenvalue weighted by molar-refractivity contribution is -0.139. The minimum Gasteiger partial charge on any atom is -0.352 e. The smallest absolute Gasteiger partial charge is 0.352 e. The predicted octanol–water partition coefficient (Wildman–Crippen LogP) is 6.85. The summed E-state index contributed by atoms with van der Waals surface area (Å²) in [4.78, 5) is 28.0. The maximum Gasteiger partial charge on any atom is 0.416 e. The van der Waals surface area contributed by atoms with Crippen LogP contribution in [-0.4, -0.2) is 43.8 Å². The summed E-state index contributed by atoms with van der Waals surface area (Å²) in [5.41, 5.74) is -0.196. The molecule has 7 nitrogen and oxygen atoms in total. The summed E-state index contributed by atoms with van der Waals surface area (Å²) in [7, 11) is -4.54. The average Bonchev–Trinajstić information content (AvgIpc) is 2.95. The van der Waals surface area contributed by atoms with Crippen molar-refractivity contribution in [1.82, 2.24) is 10.2 Å². The van der Waals surface area contributed by atoms with Crippen molar-refractivity contribution in [2.45, 2.75) is 63.8 Å². The van der Waals surface area contributed by atoms with Gasteiger partial charge < -0.3 is 10.2 Å². The summed E-state index contributed by atoms with van der Waals surface area (Å²) in [6.45, 7) is 5.84. The Morgan fingerprint density at radius 3 is 2.19 bits per heavy atom. The number of alkyl halides is 3. The van der Waals surface area contributed by atoms with Crippen LogP contribution in [0.15, 0.2) is 71.6 Å². The van der Waals surface area contributed by atoms with Crippen LogP contribution >= 0.6 is 23.2 Å². The van der Waals surface area contributed by atoms with Crippen LogP contribution in [0.1, 0.15) is 43.9 Å². The molecule has 0 aliphatic carbocycles. The molecule has 232 valence electrons. The van der Waals surface area contributed by atoms with Crippen molar-refractivity contribution >= 4 is 50.7 Å². The molecule has 2 unspecified atom stereocenters. The molecular formula is C30H32Cl2F3N3O4S. The number of carbonyl (C=O) groups is 2. The Balaban J connectivity index is 2.10. The van der Waals surface area contributed by atoms with Gasteiger partial charge in [-0.05, 0) is 75.2 Å². The van der Waals surface area contributed by atoms with Crippen molar-refractivity contribution in [1.29, 1.82) is 0 Å². The Morgan fingerprint density at radius 2 is 1.60 bits per heavy atom. The van der Waals surface area contributed by atoms with Crippen molar-refractivity contribution in [2.75, 3.05) is 10.8 Å². The molecule has 0 heterocycles. The number of carbonyl (C=O) groups excluding carboxylic acids is 2. The highest BCUT2D eigenvalue weighted by Gasteiger charge is 2.35. The number of hydrogen-bond acceptors (Lipinski definition) is 4. The lowest BCUT2D eigenvalue weighted by Gasteiger charge is -2.32. The van der Waals surface area contributed by atoms with Gasteiger partial charge in [0.15, 0.2) is 0 Å². The fourth-order valence-corrected chi connectivity index (χ4v) is 5.81. The lowest BCUT2D eigenvalue weighted by Crippen LogP contribution is -2.52. The molecule has 0 spiro atoms. The first-order chi connectivity index (χ1) is 20.0. The van der Waals surface area contributed by atoms with Gasteiger partial charge in [0.25, 0.3) is 10.0 Å². The van der Waals surface area contributed by atoms with Gasteiger partial charge in [0.05, 0.1) is 26.2 Å². The van der Waals surface area contributed by atoms with Crippen LogP contribution in [0.25, 0.3) is 0 Å². The van der Waals surface area contributed by atoms with E-state index in [0.29, 0.717) is 22.4 Å². The number of halogens is 5. The normalized spacial score (nSPS) is 13.2. The largest absolute Gasteiger partial charge is 0.416 e. The molecule has 3 rings (SSSR count). The zero-order chi connectivity index (χ0) is 32.1. The van der Waals surface area contributed by atoms with E-state index in [4.69, 9.17) is 23.2 Å². The molecule has 3 aromatic carbocycles. The summed E-state index contributed by atoms with van der Waals surface area (Å²) in [6.07, 6.45) is -4.14. The van der Waals surface area contributed by atoms with Gasteiger partial charge in [0.1, 0.15) is 12.6 Å². The maximum atomic E-state index is 14.0. The SMILES string of the molecule is CCC(C)NC(=O)C(C)N(Cc1ccc(Cl)c(Cl)c1)C(=O)CN(c1cccc(C(F)(F)F)c1)S(=O)(=O)c1ccc(C)cc1. The van der Waals surface area contributed by atoms with Gasteiger partial charge in [-0.25, -0.2) is 8.42 Å². The topological polar surface area (TPSA) is 86.8 Å². The number of amides is 2. The van der Waals surface area contributed by atoms with Crippen molar-refractivity contribution < 1.29 is 31.2 Å². The van der Waals surface area contributed by atoms with Gasteiger partial charge in [0.2, 0.25) is 11.8 Å². The molecule has 2 atom stereocenters. The van der Waals surface area contributed by atoms with E-state index in [2.05, 4.69) is 5.32 Å². The molecule has 0 aromatic heterocycles. The van der Waals surface area contributed by atoms with E-state index in [-0.39, 0.29) is 33.2 Å². The van der Waals surface area contributed by atoms with E-state index < -0.39 is 46.2 Å². The third-order valence-electron chi connectivity index (χ3n) is 6.85. The molecule has 0 aliphatic rings. The number of benzene rings is 3. The second-order valence-corrected chi connectivity index (χ2v) is 12.8. The van der Waals surface area contributed by atoms with E-state index >= 15 is 0 Å². The fourth-order valence-electron chi connectivity index (χ4n) is 4.09. The van der Waals surface area contributed by atoms with Gasteiger partial charge in [-0.3, -0.25) is 13.9 Å². The van der Waals surface area contributed by atoms with E-state index in [1.165, 1.54) is 49.4 Å². The maximum absolute atomic E-state index is 14.0. The summed E-state index contributed by atoms with van der Waals surface area (Å²) in [5.74, 6) is -1.32. The van der Waals surface area contributed by atoms with Gasteiger partial charge in [-0.15, -0.1) is 0 Å². The molecule has 0 bridgehead atoms. The summed E-state index contributed by atoms with van der Waals surface area (Å²) < 4.78 is 69.2. The first-order valence-electron chi connectivity index (χ1n) is 13.3. The molecule has 0 aliphatic heterocycles. The molecule has 0 saturated carbocycles. The highest BCUT2D eigenvalue weighted by atomic mass is 35.5. The minimum absolute atomic E-state index is 0.161. The first-order valence-corrected chi connectivity index (χ1v) is 15.5. The summed E-state index contributed by atoms with van der Waals surface area (Å²) in [5, 5.41) is 3.28. The summed E-state index contributed by atoms with van der Waals surface area (Å²) in [6, 6.07) is 12.8. The van der Waals surface area contributed by atoms with Crippen LogP contribution in [0, 0.1) is 6.92 Å². The van der Waals surface area contributed by atoms with Crippen LogP contribution in [0.4, 0.5) is 18.9 Å². The molecule has 43 heavy (non-hydrogen) atoms. The lowest BCUT2D eigenvalue weighted by atomic mass is 10.1. The Morgan fingerprint density at radius 1 is 0.953 bits per heavy atom. The van der Waals surface area contributed by atoms with E-state index in [9.17, 15) is 31.2 Å². The van der Waals surface area contributed by atoms with E-state index in [1.54, 1.807) is 19.9 Å². The molecule has 0 radical (unpaired) electrons. The molecule has 2 amide bonds. The Bertz CT molecular complexity index is 1570. The number of hydrogen-bond donors (Lipinski definition) is 1. The standard InChI is InChI=1S/C30H32Cl2F3N3O4S/c1-5-20(3)36-29(40)21(4)37(17-22-11-14-26(31)27(32)15-22)28(39)18-38(24-8-6-7-23(16-24)30(33,34)35)43(41,42)25-12-9-19(2)10-13-25/h6-16,20-21H,5,17-18H2,1-4H3,(H,36,40). The first kappa shape index (κ1) is 34.2. The van der Waals surface area contributed by atoms with Crippen molar-refractivity contribution in [2.24, 2.45) is 0 Å². The predicted molar refractivity (Wildman–Crippen MR) is 162 cm³/mol. The molecule has 0 saturated heterocycles. The number of aryl methyl sites for hydroxylation is 1. The van der Waals surface area contributed by atoms with Crippen LogP contribution in [0.3, 0.4) is 0 Å². The third-order valence-corrected chi connectivity index (χ3v) is 9.38. The van der Waals surface area contributed by atoms with Gasteiger partial charge in [-0.1, -0.05) is 60.0 Å². The number of rotatable bonds is 11. The van der Waals surface area contributed by atoms with Crippen molar-refractivity contribution in [3.05, 3.63) is 93.5 Å². The quantitative estimate of drug-likeness (QED) is 0.244. The number of nitrogens with zero attached hydrogens (tertiary/aromatic N) is 2. The van der Waals surface area contributed by atoms with Crippen LogP contribution < -0.4 is 9.62 Å². The van der Waals surface area contributed by atoms with Crippen LogP contribution in [0.2, 0.25) is 10.0 Å². The van der Waals surface area contributed by atoms with E-state index in [1.807, 2.05) is 6.92 Å². The fraction of sp³-hybridized carbons (Fsp3) is 0.333. The number of nitrogens with one attached hydrogen (secondary N) is 1. The second kappa shape index (κ2) is 14.0. The Kier molecular flexibility index (Phi) is 11.1. The van der Waals surface area contributed by atoms with Crippen molar-refractivity contribution in [3.63, 3.8) is 0 Å². The monoisotopic (exact) mass is 657 g/mol. The minimum atomic E-state index is -4.76. The van der Waals surface area contributed by atoms with Gasteiger partial charge in [-0.2, -0.15) is 13.2 Å². The highest BCUT2D eigenvalue weighted by molar-refractivity contribution is 7.92. The summed E-state index contributed by atoms with van der Waals surface area (Å²) >= 11 is 12.2. The Hall–Kier alpha value is -3.28. The zero-order valence-electron chi connectivity index (χ0n) is 24.0. The Labute approximate surface area is 259 Å². The molecule has 13 heteroatoms. The van der Waals surface area contributed by atoms with Gasteiger partial charge in [0, 0.05) is 12.6 Å². The van der Waals surface area contributed by atoms with Crippen LogP contribution in [0.5, 0.6) is 0 Å². The third kappa shape index (κ3) is 8.64. The molecule has 3 aromatic rings. The molecule has 1 N–H and O–H groups in total. The number of anilines is 1.